The van der Waals surface area contributed by atoms with E-state index in [0.29, 0.717) is 47.1 Å². The Morgan fingerprint density at radius 1 is 0.894 bits per heavy atom. The van der Waals surface area contributed by atoms with Gasteiger partial charge in [-0.15, -0.1) is 0 Å². The summed E-state index contributed by atoms with van der Waals surface area (Å²) in [6.45, 7) is 7.41. The molecule has 3 aromatic carbocycles. The number of rotatable bonds is 12. The minimum absolute atomic E-state index is 0.0146. The molecule has 0 bridgehead atoms. The number of carbonyl (C=O) groups excluding carboxylic acids is 2. The number of halogens is 6. The maximum Gasteiger partial charge on any atom is 0.430 e. The fourth-order valence-corrected chi connectivity index (χ4v) is 5.44. The van der Waals surface area contributed by atoms with Crippen LogP contribution in [0.5, 0.6) is 11.5 Å². The molecule has 3 aromatic rings. The minimum atomic E-state index is -5.98. The van der Waals surface area contributed by atoms with E-state index >= 15 is 0 Å². The Balaban J connectivity index is 1.39. The number of aryl methyl sites for hydroxylation is 1. The van der Waals surface area contributed by atoms with Crippen LogP contribution >= 0.6 is 0 Å². The van der Waals surface area contributed by atoms with Crippen molar-refractivity contribution >= 4 is 11.9 Å². The van der Waals surface area contributed by atoms with E-state index in [1.165, 1.54) is 0 Å². The van der Waals surface area contributed by atoms with Crippen LogP contribution in [-0.2, 0) is 22.4 Å². The average molecular weight is 667 g/mol. The Kier molecular flexibility index (Phi) is 10.2. The maximum atomic E-state index is 13.4. The van der Waals surface area contributed by atoms with E-state index in [1.807, 2.05) is 13.8 Å². The number of aliphatic hydroxyl groups is 1. The lowest BCUT2D eigenvalue weighted by Gasteiger charge is -2.33. The highest BCUT2D eigenvalue weighted by atomic mass is 19.4. The van der Waals surface area contributed by atoms with Crippen molar-refractivity contribution in [3.63, 3.8) is 0 Å². The van der Waals surface area contributed by atoms with Crippen molar-refractivity contribution in [3.8, 4) is 22.6 Å². The molecular formula is C34H36F6N2O5. The standard InChI is InChI=1S/C34H36F6N2O5/c1-5-7-23-20-25(32(45,33(35,36)37)34(38,39)40)12-17-28(23)22-8-13-26(14-9-22)46-19-6-18-42-29(43)31(4,41-30(42)44)24-10-15-27(16-11-24)47-21(2)3/h8-17,20-21,45H,5-7,18-19H2,1-4H3,(H,41,44). The Morgan fingerprint density at radius 2 is 1.49 bits per heavy atom. The first-order chi connectivity index (χ1) is 21.9. The van der Waals surface area contributed by atoms with Crippen molar-refractivity contribution in [2.24, 2.45) is 0 Å². The second-order valence-electron chi connectivity index (χ2n) is 11.8. The van der Waals surface area contributed by atoms with E-state index in [0.717, 1.165) is 17.0 Å². The molecule has 0 saturated carbocycles. The van der Waals surface area contributed by atoms with Gasteiger partial charge in [0.25, 0.3) is 11.5 Å². The van der Waals surface area contributed by atoms with E-state index < -0.39 is 41.0 Å². The molecule has 1 heterocycles. The van der Waals surface area contributed by atoms with Gasteiger partial charge >= 0.3 is 18.4 Å². The third kappa shape index (κ3) is 7.19. The monoisotopic (exact) mass is 666 g/mol. The van der Waals surface area contributed by atoms with Gasteiger partial charge in [0, 0.05) is 12.1 Å². The van der Waals surface area contributed by atoms with Crippen molar-refractivity contribution in [3.05, 3.63) is 83.4 Å². The molecule has 254 valence electrons. The zero-order valence-corrected chi connectivity index (χ0v) is 26.3. The number of alkyl halides is 6. The molecule has 4 rings (SSSR count). The molecule has 1 fully saturated rings. The highest BCUT2D eigenvalue weighted by Gasteiger charge is 2.71. The van der Waals surface area contributed by atoms with Crippen LogP contribution in [0.4, 0.5) is 31.1 Å². The summed E-state index contributed by atoms with van der Waals surface area (Å²) < 4.78 is 92.1. The first-order valence-electron chi connectivity index (χ1n) is 15.1. The lowest BCUT2D eigenvalue weighted by atomic mass is 9.87. The van der Waals surface area contributed by atoms with E-state index in [9.17, 15) is 41.0 Å². The molecule has 7 nitrogen and oxygen atoms in total. The number of nitrogens with one attached hydrogen (secondary N) is 1. The number of amides is 3. The summed E-state index contributed by atoms with van der Waals surface area (Å²) in [5, 5.41) is 12.6. The quantitative estimate of drug-likeness (QED) is 0.118. The lowest BCUT2D eigenvalue weighted by Crippen LogP contribution is -2.53. The molecular weight excluding hydrogens is 630 g/mol. The zero-order valence-electron chi connectivity index (χ0n) is 26.3. The number of hydrogen-bond donors (Lipinski definition) is 2. The number of hydrogen-bond acceptors (Lipinski definition) is 5. The molecule has 1 aliphatic rings. The van der Waals surface area contributed by atoms with Gasteiger partial charge in [0.15, 0.2) is 0 Å². The molecule has 1 aliphatic heterocycles. The molecule has 13 heteroatoms. The summed E-state index contributed by atoms with van der Waals surface area (Å²) >= 11 is 0. The van der Waals surface area contributed by atoms with Crippen LogP contribution in [0.2, 0.25) is 0 Å². The Bertz CT molecular complexity index is 1560. The normalized spacial score (nSPS) is 17.3. The first-order valence-corrected chi connectivity index (χ1v) is 15.1. The number of carbonyl (C=O) groups is 2. The van der Waals surface area contributed by atoms with E-state index in [1.54, 1.807) is 62.4 Å². The van der Waals surface area contributed by atoms with Crippen molar-refractivity contribution < 1.29 is 50.5 Å². The predicted octanol–water partition coefficient (Wildman–Crippen LogP) is 7.64. The average Bonchev–Trinajstić information content (AvgIpc) is 3.21. The van der Waals surface area contributed by atoms with Gasteiger partial charge in [0.1, 0.15) is 17.0 Å². The number of ether oxygens (including phenoxy) is 2. The van der Waals surface area contributed by atoms with Crippen LogP contribution in [0.3, 0.4) is 0 Å². The van der Waals surface area contributed by atoms with E-state index in [4.69, 9.17) is 9.47 Å². The van der Waals surface area contributed by atoms with Crippen molar-refractivity contribution in [1.29, 1.82) is 0 Å². The minimum Gasteiger partial charge on any atom is -0.494 e. The van der Waals surface area contributed by atoms with Gasteiger partial charge in [0.05, 0.1) is 12.7 Å². The Morgan fingerprint density at radius 3 is 2.04 bits per heavy atom. The second kappa shape index (κ2) is 13.5. The van der Waals surface area contributed by atoms with Crippen LogP contribution in [0.1, 0.15) is 57.2 Å². The third-order valence-electron chi connectivity index (χ3n) is 7.90. The molecule has 0 aromatic heterocycles. The largest absolute Gasteiger partial charge is 0.494 e. The molecule has 0 spiro atoms. The number of urea groups is 1. The van der Waals surface area contributed by atoms with Gasteiger partial charge in [-0.2, -0.15) is 26.3 Å². The molecule has 2 N–H and O–H groups in total. The van der Waals surface area contributed by atoms with E-state index in [2.05, 4.69) is 5.32 Å². The van der Waals surface area contributed by atoms with Crippen LogP contribution in [-0.4, -0.2) is 53.6 Å². The summed E-state index contributed by atoms with van der Waals surface area (Å²) in [4.78, 5) is 27.0. The van der Waals surface area contributed by atoms with Crippen LogP contribution < -0.4 is 14.8 Å². The summed E-state index contributed by atoms with van der Waals surface area (Å²) in [6.07, 6.45) is -11.0. The van der Waals surface area contributed by atoms with Gasteiger partial charge in [-0.25, -0.2) is 4.79 Å². The van der Waals surface area contributed by atoms with Crippen LogP contribution in [0.15, 0.2) is 66.7 Å². The van der Waals surface area contributed by atoms with Gasteiger partial charge in [-0.1, -0.05) is 55.8 Å². The summed E-state index contributed by atoms with van der Waals surface area (Å²) in [6, 6.07) is 15.4. The second-order valence-corrected chi connectivity index (χ2v) is 11.8. The fourth-order valence-electron chi connectivity index (χ4n) is 5.44. The molecule has 1 atom stereocenters. The van der Waals surface area contributed by atoms with Gasteiger partial charge < -0.3 is 19.9 Å². The first kappa shape index (κ1) is 35.6. The summed E-state index contributed by atoms with van der Waals surface area (Å²) in [7, 11) is 0. The van der Waals surface area contributed by atoms with E-state index in [-0.39, 0.29) is 31.2 Å². The molecule has 1 unspecified atom stereocenters. The highest BCUT2D eigenvalue weighted by Crippen LogP contribution is 2.50. The Labute approximate surface area is 268 Å². The molecule has 1 saturated heterocycles. The van der Waals surface area contributed by atoms with Crippen LogP contribution in [0.25, 0.3) is 11.1 Å². The molecule has 0 radical (unpaired) electrons. The number of imide groups is 1. The fraction of sp³-hybridized carbons (Fsp3) is 0.412. The highest BCUT2D eigenvalue weighted by molar-refractivity contribution is 6.07. The zero-order chi connectivity index (χ0) is 34.8. The molecule has 3 amide bonds. The number of benzene rings is 3. The van der Waals surface area contributed by atoms with Gasteiger partial charge in [-0.3, -0.25) is 9.69 Å². The maximum absolute atomic E-state index is 13.4. The number of nitrogens with zero attached hydrogens (tertiary/aromatic N) is 1. The summed E-state index contributed by atoms with van der Waals surface area (Å²) in [5.41, 5.74) is -5.78. The topological polar surface area (TPSA) is 88.1 Å². The van der Waals surface area contributed by atoms with Gasteiger partial charge in [0.2, 0.25) is 0 Å². The smallest absolute Gasteiger partial charge is 0.430 e. The third-order valence-corrected chi connectivity index (χ3v) is 7.90. The predicted molar refractivity (Wildman–Crippen MR) is 162 cm³/mol. The molecule has 47 heavy (non-hydrogen) atoms. The van der Waals surface area contributed by atoms with Crippen molar-refractivity contribution in [2.75, 3.05) is 13.2 Å². The Hall–Kier alpha value is -4.26. The SMILES string of the molecule is CCCc1cc(C(O)(C(F)(F)F)C(F)(F)F)ccc1-c1ccc(OCCCN2C(=O)NC(C)(c3ccc(OC(C)C)cc3)C2=O)cc1. The lowest BCUT2D eigenvalue weighted by molar-refractivity contribution is -0.376. The summed E-state index contributed by atoms with van der Waals surface area (Å²) in [5.74, 6) is 0.670. The van der Waals surface area contributed by atoms with Gasteiger partial charge in [-0.05, 0) is 80.1 Å². The van der Waals surface area contributed by atoms with Crippen molar-refractivity contribution in [2.45, 2.75) is 76.6 Å². The molecule has 0 aliphatic carbocycles. The van der Waals surface area contributed by atoms with Crippen molar-refractivity contribution in [1.82, 2.24) is 10.2 Å². The van der Waals surface area contributed by atoms with Crippen LogP contribution in [0, 0.1) is 0 Å².